The highest BCUT2D eigenvalue weighted by atomic mass is 16.5. The summed E-state index contributed by atoms with van der Waals surface area (Å²) < 4.78 is 32.9. The first-order valence-electron chi connectivity index (χ1n) is 19.2. The van der Waals surface area contributed by atoms with Crippen LogP contribution in [0.15, 0.2) is 182 Å². The molecule has 1 N–H and O–H groups in total. The molecule has 1 aliphatic rings. The summed E-state index contributed by atoms with van der Waals surface area (Å²) in [6.07, 6.45) is 0.308. The number of hydrogen-bond acceptors (Lipinski definition) is 6. The maximum atomic E-state index is 7.07. The van der Waals surface area contributed by atoms with Crippen molar-refractivity contribution in [1.82, 2.24) is 5.32 Å². The minimum absolute atomic E-state index is 0.101. The van der Waals surface area contributed by atoms with Gasteiger partial charge in [0.15, 0.2) is 11.5 Å². The standard InChI is InChI=1S/C50H45NO5/c1-6-16-37(17-7-1)32-51-45-31-44-47(54-35-40-22-12-4-13-23-40)29-43(52-33-38-18-8-2-9-19-38)30-48(44)56-50(45)42-26-27-46(53-34-39-20-10-3-11-21-39)49(28-42)55-36-41-24-14-5-15-25-41/h1-30,45,50-51H,31-36H2/t45-,50-/m1/s1. The van der Waals surface area contributed by atoms with Crippen LogP contribution in [0.2, 0.25) is 0 Å². The third-order valence-corrected chi connectivity index (χ3v) is 9.85. The van der Waals surface area contributed by atoms with Crippen LogP contribution in [0, 0.1) is 0 Å². The van der Waals surface area contributed by atoms with Crippen LogP contribution in [0.3, 0.4) is 0 Å². The van der Waals surface area contributed by atoms with Gasteiger partial charge >= 0.3 is 0 Å². The second kappa shape index (κ2) is 18.2. The van der Waals surface area contributed by atoms with Gasteiger partial charge in [-0.2, -0.15) is 0 Å². The average molecular weight is 740 g/mol. The van der Waals surface area contributed by atoms with Gasteiger partial charge < -0.3 is 29.0 Å². The van der Waals surface area contributed by atoms with Crippen molar-refractivity contribution >= 4 is 0 Å². The Morgan fingerprint density at radius 2 is 0.911 bits per heavy atom. The Kier molecular flexibility index (Phi) is 11.9. The first kappa shape index (κ1) is 36.5. The number of nitrogens with one attached hydrogen (secondary N) is 1. The third kappa shape index (κ3) is 9.59. The van der Waals surface area contributed by atoms with Crippen LogP contribution in [0.1, 0.15) is 45.0 Å². The molecule has 0 radical (unpaired) electrons. The molecule has 0 saturated heterocycles. The van der Waals surface area contributed by atoms with E-state index in [4.69, 9.17) is 23.7 Å². The van der Waals surface area contributed by atoms with E-state index in [2.05, 4.69) is 90.2 Å². The first-order valence-corrected chi connectivity index (χ1v) is 19.2. The normalized spacial score (nSPS) is 14.6. The van der Waals surface area contributed by atoms with Crippen molar-refractivity contribution in [3.05, 3.63) is 221 Å². The Hall–Kier alpha value is -6.50. The van der Waals surface area contributed by atoms with Crippen LogP contribution in [-0.4, -0.2) is 6.04 Å². The molecule has 2 atom stereocenters. The minimum atomic E-state index is -0.361. The van der Waals surface area contributed by atoms with E-state index in [1.807, 2.05) is 97.1 Å². The largest absolute Gasteiger partial charge is 0.489 e. The zero-order valence-electron chi connectivity index (χ0n) is 31.3. The lowest BCUT2D eigenvalue weighted by Gasteiger charge is -2.36. The summed E-state index contributed by atoms with van der Waals surface area (Å²) in [6.45, 7) is 2.35. The van der Waals surface area contributed by atoms with Crippen molar-refractivity contribution < 1.29 is 23.7 Å². The molecule has 1 aliphatic heterocycles. The molecule has 0 aliphatic carbocycles. The van der Waals surface area contributed by atoms with E-state index in [0.29, 0.717) is 56.6 Å². The van der Waals surface area contributed by atoms with Crippen LogP contribution in [0.5, 0.6) is 28.7 Å². The molecule has 0 aromatic heterocycles. The molecule has 0 spiro atoms. The second-order valence-corrected chi connectivity index (χ2v) is 13.9. The van der Waals surface area contributed by atoms with Crippen molar-refractivity contribution in [2.24, 2.45) is 0 Å². The predicted molar refractivity (Wildman–Crippen MR) is 220 cm³/mol. The summed E-state index contributed by atoms with van der Waals surface area (Å²) in [6, 6.07) is 61.2. The van der Waals surface area contributed by atoms with Crippen LogP contribution in [0.25, 0.3) is 0 Å². The Labute approximate surface area is 329 Å². The monoisotopic (exact) mass is 739 g/mol. The van der Waals surface area contributed by atoms with Crippen molar-refractivity contribution in [3.63, 3.8) is 0 Å². The minimum Gasteiger partial charge on any atom is -0.489 e. The Balaban J connectivity index is 1.13. The van der Waals surface area contributed by atoms with Gasteiger partial charge in [0.2, 0.25) is 0 Å². The fourth-order valence-corrected chi connectivity index (χ4v) is 6.86. The number of hydrogen-bond donors (Lipinski definition) is 1. The second-order valence-electron chi connectivity index (χ2n) is 13.9. The van der Waals surface area contributed by atoms with Gasteiger partial charge in [0, 0.05) is 24.2 Å². The first-order chi connectivity index (χ1) is 27.7. The number of ether oxygens (including phenoxy) is 5. The van der Waals surface area contributed by atoms with Gasteiger partial charge in [-0.1, -0.05) is 158 Å². The maximum absolute atomic E-state index is 7.07. The van der Waals surface area contributed by atoms with E-state index >= 15 is 0 Å². The lowest BCUT2D eigenvalue weighted by molar-refractivity contribution is 0.129. The molecule has 6 heteroatoms. The molecule has 6 nitrogen and oxygen atoms in total. The lowest BCUT2D eigenvalue weighted by atomic mass is 9.91. The quantitative estimate of drug-likeness (QED) is 0.106. The van der Waals surface area contributed by atoms with E-state index in [1.54, 1.807) is 0 Å². The van der Waals surface area contributed by atoms with Gasteiger partial charge in [-0.05, 0) is 51.9 Å². The van der Waals surface area contributed by atoms with Crippen LogP contribution < -0.4 is 29.0 Å². The van der Waals surface area contributed by atoms with E-state index in [1.165, 1.54) is 5.56 Å². The van der Waals surface area contributed by atoms with Crippen molar-refractivity contribution in [2.45, 2.75) is 51.5 Å². The van der Waals surface area contributed by atoms with E-state index < -0.39 is 0 Å². The molecule has 1 heterocycles. The van der Waals surface area contributed by atoms with E-state index in [-0.39, 0.29) is 12.1 Å². The van der Waals surface area contributed by atoms with E-state index in [9.17, 15) is 0 Å². The SMILES string of the molecule is c1ccc(CN[C@@H]2Cc3c(OCc4ccccc4)cc(OCc4ccccc4)cc3O[C@@H]2c2ccc(OCc3ccccc3)c(OCc3ccccc3)c2)cc1. The molecule has 0 bridgehead atoms. The third-order valence-electron chi connectivity index (χ3n) is 9.85. The highest BCUT2D eigenvalue weighted by Crippen LogP contribution is 2.44. The zero-order valence-corrected chi connectivity index (χ0v) is 31.3. The summed E-state index contributed by atoms with van der Waals surface area (Å²) in [5.74, 6) is 3.49. The van der Waals surface area contributed by atoms with Crippen LogP contribution >= 0.6 is 0 Å². The van der Waals surface area contributed by atoms with Crippen molar-refractivity contribution in [2.75, 3.05) is 0 Å². The van der Waals surface area contributed by atoms with Gasteiger partial charge in [-0.3, -0.25) is 0 Å². The highest BCUT2D eigenvalue weighted by Gasteiger charge is 2.34. The van der Waals surface area contributed by atoms with Gasteiger partial charge in [0.1, 0.15) is 49.8 Å². The fraction of sp³-hybridized carbons (Fsp3) is 0.160. The van der Waals surface area contributed by atoms with Crippen LogP contribution in [0.4, 0.5) is 0 Å². The lowest BCUT2D eigenvalue weighted by Crippen LogP contribution is -2.41. The van der Waals surface area contributed by atoms with Crippen LogP contribution in [-0.2, 0) is 39.4 Å². The molecule has 56 heavy (non-hydrogen) atoms. The highest BCUT2D eigenvalue weighted by molar-refractivity contribution is 5.54. The summed E-state index contributed by atoms with van der Waals surface area (Å²) in [5.41, 5.74) is 7.49. The van der Waals surface area contributed by atoms with Crippen molar-refractivity contribution in [1.29, 1.82) is 0 Å². The smallest absolute Gasteiger partial charge is 0.162 e. The number of benzene rings is 7. The predicted octanol–water partition coefficient (Wildman–Crippen LogP) is 10.8. The zero-order chi connectivity index (χ0) is 37.8. The van der Waals surface area contributed by atoms with Gasteiger partial charge in [-0.15, -0.1) is 0 Å². The number of rotatable bonds is 16. The molecule has 0 amide bonds. The molecule has 8 rings (SSSR count). The molecule has 0 fully saturated rings. The fourth-order valence-electron chi connectivity index (χ4n) is 6.86. The topological polar surface area (TPSA) is 58.2 Å². The Bertz CT molecular complexity index is 2270. The average Bonchev–Trinajstić information content (AvgIpc) is 3.27. The summed E-state index contributed by atoms with van der Waals surface area (Å²) >= 11 is 0. The van der Waals surface area contributed by atoms with Gasteiger partial charge in [-0.25, -0.2) is 0 Å². The summed E-state index contributed by atoms with van der Waals surface area (Å²) in [5, 5.41) is 3.84. The molecule has 0 unspecified atom stereocenters. The van der Waals surface area contributed by atoms with Gasteiger partial charge in [0.25, 0.3) is 0 Å². The summed E-state index contributed by atoms with van der Waals surface area (Å²) in [7, 11) is 0. The molecule has 7 aromatic rings. The van der Waals surface area contributed by atoms with Crippen molar-refractivity contribution in [3.8, 4) is 28.7 Å². The summed E-state index contributed by atoms with van der Waals surface area (Å²) in [4.78, 5) is 0. The Morgan fingerprint density at radius 3 is 1.45 bits per heavy atom. The molecular formula is C50H45NO5. The van der Waals surface area contributed by atoms with Gasteiger partial charge in [0.05, 0.1) is 6.04 Å². The Morgan fingerprint density at radius 1 is 0.446 bits per heavy atom. The van der Waals surface area contributed by atoms with E-state index in [0.717, 1.165) is 44.9 Å². The molecule has 7 aromatic carbocycles. The number of fused-ring (bicyclic) bond motifs is 1. The molecular weight excluding hydrogens is 695 g/mol. The molecule has 280 valence electrons. The molecule has 0 saturated carbocycles. The maximum Gasteiger partial charge on any atom is 0.162 e.